The molecule has 0 heterocycles. The van der Waals surface area contributed by atoms with Crippen molar-refractivity contribution in [2.45, 2.75) is 33.3 Å². The van der Waals surface area contributed by atoms with Gasteiger partial charge in [0.2, 0.25) is 0 Å². The van der Waals surface area contributed by atoms with Gasteiger partial charge < -0.3 is 15.2 Å². The van der Waals surface area contributed by atoms with E-state index in [4.69, 9.17) is 9.84 Å². The molecular formula is C14H23NO2. The molecule has 0 bridgehead atoms. The number of hydrogen-bond donors (Lipinski definition) is 2. The smallest absolute Gasteiger partial charge is 0.119 e. The van der Waals surface area contributed by atoms with Gasteiger partial charge >= 0.3 is 0 Å². The fraction of sp³-hybridized carbons (Fsp3) is 0.571. The van der Waals surface area contributed by atoms with Crippen molar-refractivity contribution in [3.63, 3.8) is 0 Å². The van der Waals surface area contributed by atoms with Gasteiger partial charge in [-0.05, 0) is 50.5 Å². The third kappa shape index (κ3) is 5.09. The van der Waals surface area contributed by atoms with Gasteiger partial charge in [0.25, 0.3) is 0 Å². The highest BCUT2D eigenvalue weighted by Gasteiger charge is 2.04. The molecule has 0 fully saturated rings. The second-order valence-corrected chi connectivity index (χ2v) is 4.53. The van der Waals surface area contributed by atoms with E-state index in [1.54, 1.807) is 0 Å². The standard InChI is InChI=1S/C14H23NO2/c1-4-12(10-16)9-15-13-5-7-14(8-6-13)17-11(2)3/h5-8,11-12,15-16H,4,9-10H2,1-3H3. The molecule has 0 aliphatic carbocycles. The van der Waals surface area contributed by atoms with Crippen molar-refractivity contribution in [1.82, 2.24) is 0 Å². The van der Waals surface area contributed by atoms with Crippen LogP contribution in [0.3, 0.4) is 0 Å². The highest BCUT2D eigenvalue weighted by molar-refractivity contribution is 5.46. The Morgan fingerprint density at radius 2 is 1.88 bits per heavy atom. The number of ether oxygens (including phenoxy) is 1. The van der Waals surface area contributed by atoms with Crippen LogP contribution < -0.4 is 10.1 Å². The lowest BCUT2D eigenvalue weighted by molar-refractivity contribution is 0.230. The fourth-order valence-electron chi connectivity index (χ4n) is 1.52. The number of benzene rings is 1. The van der Waals surface area contributed by atoms with E-state index in [0.717, 1.165) is 24.4 Å². The van der Waals surface area contributed by atoms with Crippen LogP contribution in [-0.4, -0.2) is 24.4 Å². The van der Waals surface area contributed by atoms with E-state index < -0.39 is 0 Å². The Bertz CT molecular complexity index is 305. The van der Waals surface area contributed by atoms with Crippen LogP contribution in [0.5, 0.6) is 5.75 Å². The molecule has 0 saturated heterocycles. The molecule has 1 unspecified atom stereocenters. The first-order valence-corrected chi connectivity index (χ1v) is 6.27. The van der Waals surface area contributed by atoms with Gasteiger partial charge in [-0.2, -0.15) is 0 Å². The first kappa shape index (κ1) is 13.8. The van der Waals surface area contributed by atoms with Crippen molar-refractivity contribution in [2.24, 2.45) is 5.92 Å². The molecule has 1 aromatic carbocycles. The number of anilines is 1. The molecule has 0 spiro atoms. The lowest BCUT2D eigenvalue weighted by atomic mass is 10.1. The van der Waals surface area contributed by atoms with Gasteiger partial charge in [-0.1, -0.05) is 6.92 Å². The van der Waals surface area contributed by atoms with Gasteiger partial charge in [-0.3, -0.25) is 0 Å². The second kappa shape index (κ2) is 7.17. The van der Waals surface area contributed by atoms with Crippen LogP contribution >= 0.6 is 0 Å². The number of aliphatic hydroxyl groups is 1. The van der Waals surface area contributed by atoms with Crippen molar-refractivity contribution in [1.29, 1.82) is 0 Å². The first-order valence-electron chi connectivity index (χ1n) is 6.27. The van der Waals surface area contributed by atoms with Crippen LogP contribution in [0.25, 0.3) is 0 Å². The molecule has 0 saturated carbocycles. The molecule has 0 aromatic heterocycles. The molecule has 0 radical (unpaired) electrons. The van der Waals surface area contributed by atoms with Crippen LogP contribution in [0.15, 0.2) is 24.3 Å². The summed E-state index contributed by atoms with van der Waals surface area (Å²) in [6, 6.07) is 7.92. The van der Waals surface area contributed by atoms with Crippen LogP contribution in [-0.2, 0) is 0 Å². The topological polar surface area (TPSA) is 41.5 Å². The summed E-state index contributed by atoms with van der Waals surface area (Å²) in [5.74, 6) is 1.21. The summed E-state index contributed by atoms with van der Waals surface area (Å²) in [4.78, 5) is 0. The minimum atomic E-state index is 0.202. The summed E-state index contributed by atoms with van der Waals surface area (Å²) < 4.78 is 5.57. The third-order valence-electron chi connectivity index (χ3n) is 2.66. The molecule has 96 valence electrons. The van der Waals surface area contributed by atoms with Gasteiger partial charge in [0, 0.05) is 18.8 Å². The molecule has 17 heavy (non-hydrogen) atoms. The van der Waals surface area contributed by atoms with Crippen molar-refractivity contribution >= 4 is 5.69 Å². The van der Waals surface area contributed by atoms with Crippen molar-refractivity contribution in [2.75, 3.05) is 18.5 Å². The van der Waals surface area contributed by atoms with Crippen LogP contribution in [0.4, 0.5) is 5.69 Å². The van der Waals surface area contributed by atoms with E-state index in [1.165, 1.54) is 0 Å². The molecule has 1 rings (SSSR count). The summed E-state index contributed by atoms with van der Waals surface area (Å²) >= 11 is 0. The summed E-state index contributed by atoms with van der Waals surface area (Å²) in [6.45, 7) is 7.15. The van der Waals surface area contributed by atoms with E-state index in [1.807, 2.05) is 38.1 Å². The predicted octanol–water partition coefficient (Wildman–Crippen LogP) is 2.90. The maximum atomic E-state index is 9.09. The quantitative estimate of drug-likeness (QED) is 0.766. The van der Waals surface area contributed by atoms with Gasteiger partial charge in [0.05, 0.1) is 6.10 Å². The predicted molar refractivity (Wildman–Crippen MR) is 71.6 cm³/mol. The van der Waals surface area contributed by atoms with E-state index in [9.17, 15) is 0 Å². The molecule has 1 atom stereocenters. The first-order chi connectivity index (χ1) is 8.15. The molecule has 0 amide bonds. The molecule has 0 aliphatic heterocycles. The molecular weight excluding hydrogens is 214 g/mol. The molecule has 2 N–H and O–H groups in total. The van der Waals surface area contributed by atoms with Crippen molar-refractivity contribution in [3.8, 4) is 5.75 Å². The number of rotatable bonds is 7. The summed E-state index contributed by atoms with van der Waals surface area (Å²) in [6.07, 6.45) is 1.19. The highest BCUT2D eigenvalue weighted by atomic mass is 16.5. The van der Waals surface area contributed by atoms with Crippen LogP contribution in [0.2, 0.25) is 0 Å². The average molecular weight is 237 g/mol. The van der Waals surface area contributed by atoms with Gasteiger partial charge in [0.1, 0.15) is 5.75 Å². The molecule has 3 heteroatoms. The summed E-state index contributed by atoms with van der Waals surface area (Å²) in [5.41, 5.74) is 1.06. The third-order valence-corrected chi connectivity index (χ3v) is 2.66. The maximum absolute atomic E-state index is 9.09. The number of hydrogen-bond acceptors (Lipinski definition) is 3. The number of aliphatic hydroxyl groups excluding tert-OH is 1. The highest BCUT2D eigenvalue weighted by Crippen LogP contribution is 2.17. The summed E-state index contributed by atoms with van der Waals surface area (Å²) in [5, 5.41) is 12.4. The summed E-state index contributed by atoms with van der Waals surface area (Å²) in [7, 11) is 0. The Hall–Kier alpha value is -1.22. The van der Waals surface area contributed by atoms with Gasteiger partial charge in [-0.25, -0.2) is 0 Å². The Labute approximate surface area is 104 Å². The maximum Gasteiger partial charge on any atom is 0.119 e. The van der Waals surface area contributed by atoms with Crippen LogP contribution in [0, 0.1) is 5.92 Å². The van der Waals surface area contributed by atoms with E-state index in [-0.39, 0.29) is 12.7 Å². The lowest BCUT2D eigenvalue weighted by Gasteiger charge is -2.14. The SMILES string of the molecule is CCC(CO)CNc1ccc(OC(C)C)cc1. The second-order valence-electron chi connectivity index (χ2n) is 4.53. The van der Waals surface area contributed by atoms with Crippen molar-refractivity contribution < 1.29 is 9.84 Å². The normalized spacial score (nSPS) is 12.5. The molecule has 0 aliphatic rings. The van der Waals surface area contributed by atoms with E-state index in [2.05, 4.69) is 12.2 Å². The zero-order chi connectivity index (χ0) is 12.7. The minimum Gasteiger partial charge on any atom is -0.491 e. The Morgan fingerprint density at radius 3 is 2.35 bits per heavy atom. The monoisotopic (exact) mass is 237 g/mol. The van der Waals surface area contributed by atoms with Gasteiger partial charge in [0.15, 0.2) is 0 Å². The molecule has 3 nitrogen and oxygen atoms in total. The van der Waals surface area contributed by atoms with Crippen molar-refractivity contribution in [3.05, 3.63) is 24.3 Å². The minimum absolute atomic E-state index is 0.202. The zero-order valence-corrected chi connectivity index (χ0v) is 10.9. The van der Waals surface area contributed by atoms with E-state index in [0.29, 0.717) is 5.92 Å². The van der Waals surface area contributed by atoms with E-state index >= 15 is 0 Å². The average Bonchev–Trinajstić information content (AvgIpc) is 2.32. The van der Waals surface area contributed by atoms with Crippen LogP contribution in [0.1, 0.15) is 27.2 Å². The zero-order valence-electron chi connectivity index (χ0n) is 10.9. The van der Waals surface area contributed by atoms with Gasteiger partial charge in [-0.15, -0.1) is 0 Å². The number of nitrogens with one attached hydrogen (secondary N) is 1. The largest absolute Gasteiger partial charge is 0.491 e. The molecule has 1 aromatic rings. The Morgan fingerprint density at radius 1 is 1.24 bits per heavy atom. The lowest BCUT2D eigenvalue weighted by Crippen LogP contribution is -2.16. The Balaban J connectivity index is 2.45. The fourth-order valence-corrected chi connectivity index (χ4v) is 1.52. The Kier molecular flexibility index (Phi) is 5.84.